The molecular weight excluding hydrogens is 465 g/mol. The van der Waals surface area contributed by atoms with Crippen LogP contribution >= 0.6 is 0 Å². The summed E-state index contributed by atoms with van der Waals surface area (Å²) in [5, 5.41) is 0. The van der Waals surface area contributed by atoms with Crippen molar-refractivity contribution in [2.24, 2.45) is 40.9 Å². The molecule has 0 N–H and O–H groups in total. The third-order valence-corrected chi connectivity index (χ3v) is 10.8. The molecule has 0 saturated heterocycles. The molecule has 5 nitrogen and oxygen atoms in total. The highest BCUT2D eigenvalue weighted by Crippen LogP contribution is 2.74. The average Bonchev–Trinajstić information content (AvgIpc) is 3.45. The van der Waals surface area contributed by atoms with Crippen LogP contribution < -0.4 is 0 Å². The fraction of sp³-hybridized carbons (Fsp3) is 0.960. The minimum atomic E-state index is -4.51. The van der Waals surface area contributed by atoms with Gasteiger partial charge >= 0.3 is 21.0 Å². The molecule has 0 aromatic heterocycles. The second-order valence-corrected chi connectivity index (χ2v) is 14.0. The number of ether oxygens (including phenoxy) is 1. The van der Waals surface area contributed by atoms with Crippen LogP contribution in [0.4, 0.5) is 13.2 Å². The average molecular weight is 509 g/mol. The zero-order chi connectivity index (χ0) is 25.5. The molecule has 4 rings (SSSR count). The fourth-order valence-corrected chi connectivity index (χ4v) is 9.41. The Morgan fingerprint density at radius 1 is 0.882 bits per heavy atom. The van der Waals surface area contributed by atoms with Gasteiger partial charge in [-0.15, -0.1) is 0 Å². The maximum atomic E-state index is 14.1. The number of carbonyl (C=O) groups is 1. The van der Waals surface area contributed by atoms with Crippen LogP contribution in [0.3, 0.4) is 0 Å². The maximum Gasteiger partial charge on any atom is 0.497 e. The Morgan fingerprint density at radius 2 is 1.38 bits per heavy atom. The van der Waals surface area contributed by atoms with E-state index in [1.54, 1.807) is 20.8 Å². The number of rotatable bonds is 7. The fourth-order valence-electron chi connectivity index (χ4n) is 7.59. The van der Waals surface area contributed by atoms with E-state index in [-0.39, 0.29) is 18.3 Å². The molecule has 7 atom stereocenters. The SMILES string of the molecule is CC(C)(C)OC(=O)C1(C(F)(F)F)CC2CC1C1C3CCC(C3)C21.CCO[Si](C)(OCC)OCC. The Morgan fingerprint density at radius 3 is 1.82 bits per heavy atom. The summed E-state index contributed by atoms with van der Waals surface area (Å²) in [4.78, 5) is 12.7. The van der Waals surface area contributed by atoms with Gasteiger partial charge in [0.1, 0.15) is 5.60 Å². The van der Waals surface area contributed by atoms with Crippen LogP contribution in [0.25, 0.3) is 0 Å². The van der Waals surface area contributed by atoms with E-state index in [1.165, 1.54) is 6.42 Å². The molecule has 4 aliphatic rings. The van der Waals surface area contributed by atoms with E-state index in [2.05, 4.69) is 0 Å². The molecule has 0 aromatic carbocycles. The molecule has 0 aromatic rings. The first-order valence-corrected chi connectivity index (χ1v) is 15.2. The number of halogens is 3. The second kappa shape index (κ2) is 10.0. The van der Waals surface area contributed by atoms with Gasteiger partial charge in [-0.3, -0.25) is 4.79 Å². The minimum absolute atomic E-state index is 0.0412. The molecule has 0 spiro atoms. The summed E-state index contributed by atoms with van der Waals surface area (Å²) in [6.07, 6.45) is -0.661. The standard InChI is InChI=1S/C18H25F3O2.C7H18O3Si/c1-16(2,3)23-15(22)17(18(19,20)21)8-11-7-12(17)14-10-5-4-9(6-10)13(11)14;1-5-8-11(4,9-6-2)10-7-3/h9-14H,4-8H2,1-3H3;5-7H2,1-4H3. The predicted octanol–water partition coefficient (Wildman–Crippen LogP) is 6.24. The molecule has 0 amide bonds. The first kappa shape index (κ1) is 27.9. The summed E-state index contributed by atoms with van der Waals surface area (Å²) < 4.78 is 63.8. The van der Waals surface area contributed by atoms with E-state index in [9.17, 15) is 18.0 Å². The lowest BCUT2D eigenvalue weighted by molar-refractivity contribution is -0.261. The first-order chi connectivity index (χ1) is 15.7. The molecule has 0 aliphatic heterocycles. The predicted molar refractivity (Wildman–Crippen MR) is 125 cm³/mol. The molecule has 34 heavy (non-hydrogen) atoms. The Kier molecular flexibility index (Phi) is 8.23. The van der Waals surface area contributed by atoms with Crippen molar-refractivity contribution in [2.45, 2.75) is 92.0 Å². The molecule has 0 heterocycles. The zero-order valence-corrected chi connectivity index (χ0v) is 22.8. The van der Waals surface area contributed by atoms with Crippen LogP contribution in [-0.4, -0.2) is 46.4 Å². The number of alkyl halides is 3. The van der Waals surface area contributed by atoms with Crippen LogP contribution in [0.5, 0.6) is 0 Å². The molecule has 4 bridgehead atoms. The third-order valence-electron chi connectivity index (χ3n) is 8.32. The van der Waals surface area contributed by atoms with E-state index in [0.717, 1.165) is 12.8 Å². The molecule has 0 radical (unpaired) electrons. The number of hydrogen-bond acceptors (Lipinski definition) is 5. The normalized spacial score (nSPS) is 36.3. The summed E-state index contributed by atoms with van der Waals surface area (Å²) >= 11 is 0. The molecule has 9 heteroatoms. The Balaban J connectivity index is 0.000000252. The number of hydrogen-bond donors (Lipinski definition) is 0. The lowest BCUT2D eigenvalue weighted by Crippen LogP contribution is -2.55. The van der Waals surface area contributed by atoms with Crippen LogP contribution in [0.15, 0.2) is 0 Å². The summed E-state index contributed by atoms with van der Waals surface area (Å²) in [5.41, 5.74) is -3.14. The highest BCUT2D eigenvalue weighted by atomic mass is 28.4. The van der Waals surface area contributed by atoms with Crippen molar-refractivity contribution in [3.05, 3.63) is 0 Å². The van der Waals surface area contributed by atoms with E-state index in [4.69, 9.17) is 18.0 Å². The van der Waals surface area contributed by atoms with E-state index in [1.807, 2.05) is 27.3 Å². The van der Waals surface area contributed by atoms with Gasteiger partial charge in [0.05, 0.1) is 0 Å². The van der Waals surface area contributed by atoms with Gasteiger partial charge in [0, 0.05) is 26.4 Å². The van der Waals surface area contributed by atoms with Crippen molar-refractivity contribution >= 4 is 14.8 Å². The number of fused-ring (bicyclic) bond motifs is 9. The highest BCUT2D eigenvalue weighted by molar-refractivity contribution is 6.59. The Labute approximate surface area is 203 Å². The molecule has 4 saturated carbocycles. The number of esters is 1. The molecule has 198 valence electrons. The second-order valence-electron chi connectivity index (χ2n) is 11.4. The van der Waals surface area contributed by atoms with Gasteiger partial charge in [-0.25, -0.2) is 0 Å². The van der Waals surface area contributed by atoms with Crippen LogP contribution in [0, 0.1) is 40.9 Å². The molecule has 7 unspecified atom stereocenters. The van der Waals surface area contributed by atoms with Gasteiger partial charge in [-0.1, -0.05) is 0 Å². The lowest BCUT2D eigenvalue weighted by Gasteiger charge is -2.46. The quantitative estimate of drug-likeness (QED) is 0.231. The van der Waals surface area contributed by atoms with E-state index in [0.29, 0.717) is 44.0 Å². The smallest absolute Gasteiger partial charge is 0.459 e. The van der Waals surface area contributed by atoms with Crippen molar-refractivity contribution in [1.82, 2.24) is 0 Å². The van der Waals surface area contributed by atoms with Gasteiger partial charge in [-0.05, 0) is 109 Å². The zero-order valence-electron chi connectivity index (χ0n) is 21.8. The van der Waals surface area contributed by atoms with Crippen LogP contribution in [0.2, 0.25) is 6.55 Å². The van der Waals surface area contributed by atoms with Gasteiger partial charge in [0.15, 0.2) is 5.41 Å². The van der Waals surface area contributed by atoms with Gasteiger partial charge in [0.25, 0.3) is 0 Å². The minimum Gasteiger partial charge on any atom is -0.459 e. The largest absolute Gasteiger partial charge is 0.497 e. The monoisotopic (exact) mass is 508 g/mol. The third kappa shape index (κ3) is 5.09. The molecule has 4 aliphatic carbocycles. The Bertz CT molecular complexity index is 707. The summed E-state index contributed by atoms with van der Waals surface area (Å²) in [6.45, 7) is 14.7. The summed E-state index contributed by atoms with van der Waals surface area (Å²) in [7, 11) is -2.25. The summed E-state index contributed by atoms with van der Waals surface area (Å²) in [5.74, 6) is 0.0518. The van der Waals surface area contributed by atoms with Crippen LogP contribution in [0.1, 0.15) is 73.6 Å². The van der Waals surface area contributed by atoms with Crippen molar-refractivity contribution in [3.8, 4) is 0 Å². The van der Waals surface area contributed by atoms with Crippen LogP contribution in [-0.2, 0) is 22.8 Å². The van der Waals surface area contributed by atoms with Gasteiger partial charge in [0.2, 0.25) is 0 Å². The van der Waals surface area contributed by atoms with Gasteiger partial charge < -0.3 is 18.0 Å². The van der Waals surface area contributed by atoms with Crippen molar-refractivity contribution in [1.29, 1.82) is 0 Å². The highest BCUT2D eigenvalue weighted by Gasteiger charge is 2.77. The lowest BCUT2D eigenvalue weighted by atomic mass is 9.60. The number of carbonyl (C=O) groups excluding carboxylic acids is 1. The maximum absolute atomic E-state index is 14.1. The van der Waals surface area contributed by atoms with Crippen molar-refractivity contribution in [2.75, 3.05) is 19.8 Å². The molecular formula is C25H43F3O5Si. The first-order valence-electron chi connectivity index (χ1n) is 12.9. The topological polar surface area (TPSA) is 54.0 Å². The van der Waals surface area contributed by atoms with Crippen molar-refractivity contribution in [3.63, 3.8) is 0 Å². The van der Waals surface area contributed by atoms with Crippen molar-refractivity contribution < 1.29 is 36.0 Å². The van der Waals surface area contributed by atoms with E-state index < -0.39 is 37.9 Å². The molecule has 4 fully saturated rings. The summed E-state index contributed by atoms with van der Waals surface area (Å²) in [6, 6.07) is 0. The Hall–Kier alpha value is -0.643. The van der Waals surface area contributed by atoms with E-state index >= 15 is 0 Å². The van der Waals surface area contributed by atoms with Gasteiger partial charge in [-0.2, -0.15) is 13.2 Å².